The Labute approximate surface area is 180 Å². The highest BCUT2D eigenvalue weighted by Gasteiger charge is 2.17. The zero-order valence-electron chi connectivity index (χ0n) is 16.2. The highest BCUT2D eigenvalue weighted by Crippen LogP contribution is 2.23. The van der Waals surface area contributed by atoms with Gasteiger partial charge in [-0.15, -0.1) is 22.7 Å². The molecule has 0 aliphatic rings. The summed E-state index contributed by atoms with van der Waals surface area (Å²) in [7, 11) is 1.26. The van der Waals surface area contributed by atoms with E-state index in [9.17, 15) is 14.4 Å². The molecule has 0 saturated carbocycles. The molecular weight excluding hydrogens is 428 g/mol. The number of amides is 1. The Bertz CT molecular complexity index is 1060. The van der Waals surface area contributed by atoms with Crippen LogP contribution in [0.3, 0.4) is 0 Å². The zero-order chi connectivity index (χ0) is 21.5. The lowest BCUT2D eigenvalue weighted by molar-refractivity contribution is -0.119. The minimum absolute atomic E-state index is 0.251. The largest absolute Gasteiger partial charge is 0.487 e. The molecule has 8 nitrogen and oxygen atoms in total. The van der Waals surface area contributed by atoms with Gasteiger partial charge in [0.2, 0.25) is 0 Å². The van der Waals surface area contributed by atoms with Gasteiger partial charge in [0.05, 0.1) is 29.1 Å². The molecule has 1 aromatic carbocycles. The molecule has 0 unspecified atom stereocenters. The molecule has 0 saturated heterocycles. The standard InChI is InChI=1S/C20H18N2O6S2/c1-12-21-14(11-30-12)9-27-15-5-3-4-13(8-15)19(24)28-10-17(23)22-16-6-7-29-18(16)20(25)26-2/h3-8,11H,9-10H2,1-2H3,(H,22,23). The van der Waals surface area contributed by atoms with Crippen molar-refractivity contribution in [2.45, 2.75) is 13.5 Å². The number of aryl methyl sites for hydroxylation is 1. The van der Waals surface area contributed by atoms with Crippen molar-refractivity contribution in [1.82, 2.24) is 4.98 Å². The predicted molar refractivity (Wildman–Crippen MR) is 112 cm³/mol. The fourth-order valence-corrected chi connectivity index (χ4v) is 3.77. The van der Waals surface area contributed by atoms with E-state index in [-0.39, 0.29) is 17.0 Å². The van der Waals surface area contributed by atoms with Gasteiger partial charge in [-0.05, 0) is 36.6 Å². The lowest BCUT2D eigenvalue weighted by Crippen LogP contribution is -2.21. The molecule has 1 amide bonds. The van der Waals surface area contributed by atoms with E-state index in [1.807, 2.05) is 12.3 Å². The molecule has 156 valence electrons. The first-order valence-electron chi connectivity index (χ1n) is 8.73. The molecule has 0 bridgehead atoms. The van der Waals surface area contributed by atoms with Gasteiger partial charge in [-0.2, -0.15) is 0 Å². The average Bonchev–Trinajstić information content (AvgIpc) is 3.38. The van der Waals surface area contributed by atoms with Crippen molar-refractivity contribution in [2.24, 2.45) is 0 Å². The Kier molecular flexibility index (Phi) is 7.15. The number of thiophene rings is 1. The Balaban J connectivity index is 1.52. The summed E-state index contributed by atoms with van der Waals surface area (Å²) in [6, 6.07) is 8.04. The van der Waals surface area contributed by atoms with Gasteiger partial charge in [0, 0.05) is 5.38 Å². The van der Waals surface area contributed by atoms with Gasteiger partial charge in [0.25, 0.3) is 5.91 Å². The van der Waals surface area contributed by atoms with Crippen LogP contribution in [0, 0.1) is 6.92 Å². The summed E-state index contributed by atoms with van der Waals surface area (Å²) in [5.41, 5.74) is 1.36. The molecule has 1 N–H and O–H groups in total. The second-order valence-corrected chi connectivity index (χ2v) is 7.93. The van der Waals surface area contributed by atoms with Gasteiger partial charge in [0.1, 0.15) is 17.2 Å². The summed E-state index contributed by atoms with van der Waals surface area (Å²) in [5, 5.41) is 7.03. The number of ether oxygens (including phenoxy) is 3. The molecule has 10 heteroatoms. The van der Waals surface area contributed by atoms with Gasteiger partial charge in [-0.25, -0.2) is 14.6 Å². The Hall–Kier alpha value is -3.24. The van der Waals surface area contributed by atoms with Gasteiger partial charge in [-0.1, -0.05) is 6.07 Å². The Morgan fingerprint density at radius 3 is 2.70 bits per heavy atom. The fraction of sp³-hybridized carbons (Fsp3) is 0.200. The second kappa shape index (κ2) is 9.99. The minimum atomic E-state index is -0.668. The van der Waals surface area contributed by atoms with Crippen molar-refractivity contribution in [3.63, 3.8) is 0 Å². The summed E-state index contributed by atoms with van der Waals surface area (Å²) in [6.45, 7) is 1.70. The normalized spacial score (nSPS) is 10.3. The maximum Gasteiger partial charge on any atom is 0.350 e. The van der Waals surface area contributed by atoms with Crippen molar-refractivity contribution in [2.75, 3.05) is 19.0 Å². The number of benzene rings is 1. The highest BCUT2D eigenvalue weighted by atomic mass is 32.1. The minimum Gasteiger partial charge on any atom is -0.487 e. The van der Waals surface area contributed by atoms with E-state index in [0.29, 0.717) is 11.4 Å². The third kappa shape index (κ3) is 5.65. The summed E-state index contributed by atoms with van der Waals surface area (Å²) in [4.78, 5) is 40.6. The van der Waals surface area contributed by atoms with E-state index in [4.69, 9.17) is 9.47 Å². The molecule has 3 aromatic rings. The molecule has 0 aliphatic heterocycles. The third-order valence-electron chi connectivity index (χ3n) is 3.77. The first-order valence-corrected chi connectivity index (χ1v) is 10.5. The maximum atomic E-state index is 12.3. The Morgan fingerprint density at radius 2 is 1.97 bits per heavy atom. The quantitative estimate of drug-likeness (QED) is 0.527. The summed E-state index contributed by atoms with van der Waals surface area (Å²) >= 11 is 2.67. The molecular formula is C20H18N2O6S2. The first-order chi connectivity index (χ1) is 14.5. The number of methoxy groups -OCH3 is 1. The molecule has 0 atom stereocenters. The number of rotatable bonds is 8. The molecule has 2 heterocycles. The van der Waals surface area contributed by atoms with E-state index in [1.165, 1.54) is 24.5 Å². The number of thiazole rings is 1. The van der Waals surface area contributed by atoms with Crippen molar-refractivity contribution in [3.05, 3.63) is 62.2 Å². The van der Waals surface area contributed by atoms with Crippen molar-refractivity contribution in [1.29, 1.82) is 0 Å². The van der Waals surface area contributed by atoms with Gasteiger partial charge in [-0.3, -0.25) is 4.79 Å². The monoisotopic (exact) mass is 446 g/mol. The van der Waals surface area contributed by atoms with Crippen LogP contribution in [0.5, 0.6) is 5.75 Å². The smallest absolute Gasteiger partial charge is 0.350 e. The predicted octanol–water partition coefficient (Wildman–Crippen LogP) is 3.67. The summed E-state index contributed by atoms with van der Waals surface area (Å²) in [5.74, 6) is -1.31. The van der Waals surface area contributed by atoms with Crippen LogP contribution in [0.1, 0.15) is 30.7 Å². The number of hydrogen-bond donors (Lipinski definition) is 1. The first kappa shape index (κ1) is 21.5. The van der Waals surface area contributed by atoms with Crippen molar-refractivity contribution >= 4 is 46.2 Å². The second-order valence-electron chi connectivity index (χ2n) is 5.95. The van der Waals surface area contributed by atoms with E-state index in [2.05, 4.69) is 15.0 Å². The summed E-state index contributed by atoms with van der Waals surface area (Å²) < 4.78 is 15.4. The summed E-state index contributed by atoms with van der Waals surface area (Å²) in [6.07, 6.45) is 0. The van der Waals surface area contributed by atoms with Crippen LogP contribution in [0.15, 0.2) is 41.1 Å². The van der Waals surface area contributed by atoms with Crippen LogP contribution >= 0.6 is 22.7 Å². The van der Waals surface area contributed by atoms with Crippen LogP contribution in [0.25, 0.3) is 0 Å². The highest BCUT2D eigenvalue weighted by molar-refractivity contribution is 7.12. The van der Waals surface area contributed by atoms with E-state index < -0.39 is 24.5 Å². The number of hydrogen-bond acceptors (Lipinski definition) is 9. The topological polar surface area (TPSA) is 104 Å². The molecule has 0 fully saturated rings. The number of nitrogens with one attached hydrogen (secondary N) is 1. The molecule has 30 heavy (non-hydrogen) atoms. The zero-order valence-corrected chi connectivity index (χ0v) is 17.8. The van der Waals surface area contributed by atoms with E-state index in [0.717, 1.165) is 22.0 Å². The van der Waals surface area contributed by atoms with Crippen molar-refractivity contribution < 1.29 is 28.6 Å². The van der Waals surface area contributed by atoms with Crippen LogP contribution in [-0.4, -0.2) is 36.5 Å². The number of nitrogens with zero attached hydrogens (tertiary/aromatic N) is 1. The van der Waals surface area contributed by atoms with Gasteiger partial charge >= 0.3 is 11.9 Å². The fourth-order valence-electron chi connectivity index (χ4n) is 2.40. The lowest BCUT2D eigenvalue weighted by Gasteiger charge is -2.08. The molecule has 2 aromatic heterocycles. The molecule has 3 rings (SSSR count). The Morgan fingerprint density at radius 1 is 1.13 bits per heavy atom. The molecule has 0 aliphatic carbocycles. The maximum absolute atomic E-state index is 12.3. The number of carbonyl (C=O) groups is 3. The van der Waals surface area contributed by atoms with Crippen LogP contribution < -0.4 is 10.1 Å². The SMILES string of the molecule is COC(=O)c1sccc1NC(=O)COC(=O)c1cccc(OCc2csc(C)n2)c1. The number of carbonyl (C=O) groups excluding carboxylic acids is 3. The van der Waals surface area contributed by atoms with Crippen LogP contribution in [0.2, 0.25) is 0 Å². The third-order valence-corrected chi connectivity index (χ3v) is 5.48. The average molecular weight is 447 g/mol. The number of anilines is 1. The number of esters is 2. The van der Waals surface area contributed by atoms with Crippen LogP contribution in [-0.2, 0) is 20.9 Å². The molecule has 0 spiro atoms. The van der Waals surface area contributed by atoms with Crippen molar-refractivity contribution in [3.8, 4) is 5.75 Å². The van der Waals surface area contributed by atoms with Gasteiger partial charge in [0.15, 0.2) is 6.61 Å². The lowest BCUT2D eigenvalue weighted by atomic mass is 10.2. The van der Waals surface area contributed by atoms with E-state index >= 15 is 0 Å². The van der Waals surface area contributed by atoms with Crippen LogP contribution in [0.4, 0.5) is 5.69 Å². The van der Waals surface area contributed by atoms with E-state index in [1.54, 1.807) is 29.6 Å². The molecule has 0 radical (unpaired) electrons. The van der Waals surface area contributed by atoms with Gasteiger partial charge < -0.3 is 19.5 Å². The number of aromatic nitrogens is 1.